The van der Waals surface area contributed by atoms with Gasteiger partial charge in [-0.15, -0.1) is 0 Å². The van der Waals surface area contributed by atoms with Crippen molar-refractivity contribution in [2.45, 2.75) is 27.2 Å². The van der Waals surface area contributed by atoms with Gasteiger partial charge in [-0.1, -0.05) is 49.5 Å². The Labute approximate surface area is 76.0 Å². The maximum atomic E-state index is 3.93. The van der Waals surface area contributed by atoms with Gasteiger partial charge in [0.1, 0.15) is 0 Å². The van der Waals surface area contributed by atoms with Gasteiger partial charge in [0.2, 0.25) is 0 Å². The Kier molecular flexibility index (Phi) is 5.11. The smallest absolute Gasteiger partial charge is 0.0244 e. The summed E-state index contributed by atoms with van der Waals surface area (Å²) >= 11 is 0. The topological polar surface area (TPSA) is 0 Å². The first-order chi connectivity index (χ1) is 5.63. The fourth-order valence-electron chi connectivity index (χ4n) is 1.00. The lowest BCUT2D eigenvalue weighted by Crippen LogP contribution is -1.85. The summed E-state index contributed by atoms with van der Waals surface area (Å²) in [5, 5.41) is 0. The zero-order valence-electron chi connectivity index (χ0n) is 8.35. The molecule has 0 aliphatic carbocycles. The molecule has 0 heterocycles. The van der Waals surface area contributed by atoms with Crippen molar-refractivity contribution in [1.82, 2.24) is 0 Å². The van der Waals surface area contributed by atoms with Crippen molar-refractivity contribution in [2.24, 2.45) is 0 Å². The number of hydrogen-bond donors (Lipinski definition) is 0. The minimum absolute atomic E-state index is 1.07. The van der Waals surface area contributed by atoms with Gasteiger partial charge in [-0.2, -0.15) is 0 Å². The summed E-state index contributed by atoms with van der Waals surface area (Å²) in [7, 11) is 0. The highest BCUT2D eigenvalue weighted by molar-refractivity contribution is 5.41. The van der Waals surface area contributed by atoms with E-state index >= 15 is 0 Å². The molecular formula is C12H18. The fraction of sp³-hybridized carbons (Fsp3) is 0.333. The van der Waals surface area contributed by atoms with Gasteiger partial charge in [-0.05, 0) is 25.8 Å². The van der Waals surface area contributed by atoms with Crippen LogP contribution < -0.4 is 0 Å². The van der Waals surface area contributed by atoms with Crippen LogP contribution in [0.25, 0.3) is 0 Å². The Morgan fingerprint density at radius 3 is 2.25 bits per heavy atom. The van der Waals surface area contributed by atoms with Gasteiger partial charge in [-0.3, -0.25) is 0 Å². The van der Waals surface area contributed by atoms with E-state index in [1.54, 1.807) is 6.08 Å². The molecule has 0 aromatic rings. The summed E-state index contributed by atoms with van der Waals surface area (Å²) in [5.41, 5.74) is 3.74. The van der Waals surface area contributed by atoms with E-state index in [9.17, 15) is 0 Å². The van der Waals surface area contributed by atoms with Gasteiger partial charge >= 0.3 is 0 Å². The van der Waals surface area contributed by atoms with Crippen molar-refractivity contribution in [1.29, 1.82) is 0 Å². The first-order valence-electron chi connectivity index (χ1n) is 4.28. The molecule has 0 atom stereocenters. The highest BCUT2D eigenvalue weighted by atomic mass is 14.0. The van der Waals surface area contributed by atoms with Crippen molar-refractivity contribution in [3.05, 3.63) is 48.1 Å². The van der Waals surface area contributed by atoms with Crippen LogP contribution in [0, 0.1) is 0 Å². The molecule has 0 saturated carbocycles. The molecular weight excluding hydrogens is 144 g/mol. The summed E-state index contributed by atoms with van der Waals surface area (Å²) in [6.45, 7) is 13.9. The van der Waals surface area contributed by atoms with Gasteiger partial charge in [0.05, 0.1) is 0 Å². The molecule has 0 rings (SSSR count). The van der Waals surface area contributed by atoms with Gasteiger partial charge in [0.15, 0.2) is 0 Å². The van der Waals surface area contributed by atoms with Crippen LogP contribution in [-0.4, -0.2) is 0 Å². The van der Waals surface area contributed by atoms with E-state index in [1.807, 2.05) is 13.0 Å². The number of allylic oxidation sites excluding steroid dienone is 6. The van der Waals surface area contributed by atoms with E-state index in [2.05, 4.69) is 33.1 Å². The van der Waals surface area contributed by atoms with Crippen molar-refractivity contribution in [3.8, 4) is 0 Å². The van der Waals surface area contributed by atoms with Crippen LogP contribution in [0.5, 0.6) is 0 Å². The maximum Gasteiger partial charge on any atom is -0.0244 e. The molecule has 12 heavy (non-hydrogen) atoms. The molecule has 66 valence electrons. The van der Waals surface area contributed by atoms with Gasteiger partial charge < -0.3 is 0 Å². The molecule has 0 bridgehead atoms. The molecule has 0 aromatic carbocycles. The van der Waals surface area contributed by atoms with Gasteiger partial charge in [0, 0.05) is 0 Å². The van der Waals surface area contributed by atoms with E-state index < -0.39 is 0 Å². The molecule has 0 amide bonds. The molecule has 0 N–H and O–H groups in total. The van der Waals surface area contributed by atoms with E-state index in [4.69, 9.17) is 0 Å². The molecule has 0 spiro atoms. The second-order valence-electron chi connectivity index (χ2n) is 2.92. The average Bonchev–Trinajstić information content (AvgIpc) is 2.04. The zero-order chi connectivity index (χ0) is 9.56. The van der Waals surface area contributed by atoms with Crippen LogP contribution in [0.3, 0.4) is 0 Å². The Balaban J connectivity index is 4.78. The monoisotopic (exact) mass is 162 g/mol. The predicted octanol–water partition coefficient (Wildman–Crippen LogP) is 4.03. The summed E-state index contributed by atoms with van der Waals surface area (Å²) < 4.78 is 0. The lowest BCUT2D eigenvalue weighted by atomic mass is 10.0. The van der Waals surface area contributed by atoms with Crippen LogP contribution >= 0.6 is 0 Å². The third-order valence-electron chi connectivity index (χ3n) is 1.85. The Morgan fingerprint density at radius 2 is 1.92 bits per heavy atom. The quantitative estimate of drug-likeness (QED) is 0.547. The maximum absolute atomic E-state index is 3.93. The fourth-order valence-corrected chi connectivity index (χ4v) is 1.00. The van der Waals surface area contributed by atoms with Crippen molar-refractivity contribution < 1.29 is 0 Å². The third-order valence-corrected chi connectivity index (χ3v) is 1.85. The Bertz CT molecular complexity index is 226. The van der Waals surface area contributed by atoms with Crippen LogP contribution in [0.2, 0.25) is 0 Å². The SMILES string of the molecule is C=C/C=C\C(C(=C)C)=C(/C)CC. The molecule has 0 nitrogen and oxygen atoms in total. The third kappa shape index (κ3) is 3.38. The summed E-state index contributed by atoms with van der Waals surface area (Å²) in [6.07, 6.45) is 6.87. The first kappa shape index (κ1) is 11.0. The van der Waals surface area contributed by atoms with Crippen LogP contribution in [-0.2, 0) is 0 Å². The second-order valence-corrected chi connectivity index (χ2v) is 2.92. The highest BCUT2D eigenvalue weighted by Gasteiger charge is 1.96. The summed E-state index contributed by atoms with van der Waals surface area (Å²) in [6, 6.07) is 0. The minimum Gasteiger partial charge on any atom is -0.0991 e. The summed E-state index contributed by atoms with van der Waals surface area (Å²) in [4.78, 5) is 0. The van der Waals surface area contributed by atoms with Crippen LogP contribution in [0.1, 0.15) is 27.2 Å². The average molecular weight is 162 g/mol. The molecule has 0 saturated heterocycles. The first-order valence-corrected chi connectivity index (χ1v) is 4.28. The molecule has 0 radical (unpaired) electrons. The van der Waals surface area contributed by atoms with E-state index in [0.717, 1.165) is 12.0 Å². The zero-order valence-corrected chi connectivity index (χ0v) is 8.35. The summed E-state index contributed by atoms with van der Waals surface area (Å²) in [5.74, 6) is 0. The van der Waals surface area contributed by atoms with Crippen LogP contribution in [0.4, 0.5) is 0 Å². The Morgan fingerprint density at radius 1 is 1.33 bits per heavy atom. The molecule has 0 heteroatoms. The Hall–Kier alpha value is -1.04. The van der Waals surface area contributed by atoms with E-state index in [1.165, 1.54) is 11.1 Å². The van der Waals surface area contributed by atoms with E-state index in [-0.39, 0.29) is 0 Å². The predicted molar refractivity (Wildman–Crippen MR) is 57.1 cm³/mol. The van der Waals surface area contributed by atoms with Crippen LogP contribution in [0.15, 0.2) is 48.1 Å². The molecule has 0 aromatic heterocycles. The van der Waals surface area contributed by atoms with Crippen molar-refractivity contribution in [2.75, 3.05) is 0 Å². The van der Waals surface area contributed by atoms with E-state index in [0.29, 0.717) is 0 Å². The van der Waals surface area contributed by atoms with Crippen molar-refractivity contribution >= 4 is 0 Å². The number of rotatable bonds is 4. The largest absolute Gasteiger partial charge is 0.0991 e. The minimum atomic E-state index is 1.07. The standard InChI is InChI=1S/C12H18/c1-6-8-9-12(10(3)4)11(5)7-2/h6,8-9H,1,3,7H2,2,4-5H3/b9-8-,12-11-. The molecule has 0 unspecified atom stereocenters. The highest BCUT2D eigenvalue weighted by Crippen LogP contribution is 2.16. The molecule has 0 aliphatic heterocycles. The van der Waals surface area contributed by atoms with Gasteiger partial charge in [-0.25, -0.2) is 0 Å². The second kappa shape index (κ2) is 5.59. The normalized spacial score (nSPS) is 12.9. The number of hydrogen-bond acceptors (Lipinski definition) is 0. The molecule has 0 aliphatic rings. The molecule has 0 fully saturated rings. The van der Waals surface area contributed by atoms with Gasteiger partial charge in [0.25, 0.3) is 0 Å². The lowest BCUT2D eigenvalue weighted by Gasteiger charge is -2.05. The van der Waals surface area contributed by atoms with Crippen molar-refractivity contribution in [3.63, 3.8) is 0 Å². The lowest BCUT2D eigenvalue weighted by molar-refractivity contribution is 1.07.